The summed E-state index contributed by atoms with van der Waals surface area (Å²) in [5.41, 5.74) is 4.23. The maximum Gasteiger partial charge on any atom is 0.265 e. The van der Waals surface area contributed by atoms with E-state index >= 15 is 0 Å². The minimum atomic E-state index is -0.339. The van der Waals surface area contributed by atoms with Crippen molar-refractivity contribution in [2.24, 2.45) is 7.05 Å². The molecule has 1 aliphatic carbocycles. The zero-order valence-electron chi connectivity index (χ0n) is 19.3. The van der Waals surface area contributed by atoms with Crippen LogP contribution in [0.15, 0.2) is 47.6 Å². The summed E-state index contributed by atoms with van der Waals surface area (Å²) in [4.78, 5) is 27.1. The minimum Gasteiger partial charge on any atom is -0.482 e. The van der Waals surface area contributed by atoms with Gasteiger partial charge in [0, 0.05) is 12.7 Å². The van der Waals surface area contributed by atoms with E-state index in [0.717, 1.165) is 24.9 Å². The lowest BCUT2D eigenvalue weighted by atomic mass is 9.90. The van der Waals surface area contributed by atoms with Gasteiger partial charge in [-0.2, -0.15) is 0 Å². The molecule has 0 bridgehead atoms. The van der Waals surface area contributed by atoms with E-state index in [4.69, 9.17) is 4.74 Å². The molecule has 0 saturated heterocycles. The first kappa shape index (κ1) is 22.5. The lowest BCUT2D eigenvalue weighted by Gasteiger charge is -2.33. The number of benzene rings is 2. The Balaban J connectivity index is 1.27. The highest BCUT2D eigenvalue weighted by molar-refractivity contribution is 7.99. The molecule has 2 aromatic carbocycles. The third kappa shape index (κ3) is 4.27. The molecular formula is C25H27N5O3S. The summed E-state index contributed by atoms with van der Waals surface area (Å²) in [7, 11) is 1.86. The Bertz CT molecular complexity index is 1240. The number of hydrogen-bond donors (Lipinski definition) is 1. The number of nitrogens with one attached hydrogen (secondary N) is 1. The molecule has 3 aromatic rings. The number of hydrogen-bond acceptors (Lipinski definition) is 6. The van der Waals surface area contributed by atoms with Crippen LogP contribution in [0.1, 0.15) is 42.8 Å². The van der Waals surface area contributed by atoms with E-state index in [1.54, 1.807) is 4.90 Å². The predicted octanol–water partition coefficient (Wildman–Crippen LogP) is 3.91. The number of carbonyl (C=O) groups is 2. The molecule has 2 heterocycles. The zero-order chi connectivity index (χ0) is 23.7. The molecule has 0 spiro atoms. The molecule has 1 N–H and O–H groups in total. The fourth-order valence-corrected chi connectivity index (χ4v) is 5.41. The number of para-hydroxylation sites is 2. The quantitative estimate of drug-likeness (QED) is 0.542. The van der Waals surface area contributed by atoms with Gasteiger partial charge in [0.05, 0.1) is 17.5 Å². The largest absolute Gasteiger partial charge is 0.482 e. The van der Waals surface area contributed by atoms with Gasteiger partial charge in [0.2, 0.25) is 5.91 Å². The van der Waals surface area contributed by atoms with Crippen molar-refractivity contribution >= 4 is 35.0 Å². The molecule has 2 aliphatic rings. The molecule has 2 amide bonds. The molecule has 176 valence electrons. The molecular weight excluding hydrogens is 450 g/mol. The first-order chi connectivity index (χ1) is 16.5. The summed E-state index contributed by atoms with van der Waals surface area (Å²) in [5.74, 6) is 1.34. The Hall–Kier alpha value is -3.33. The molecule has 34 heavy (non-hydrogen) atoms. The van der Waals surface area contributed by atoms with Gasteiger partial charge in [-0.05, 0) is 61.9 Å². The van der Waals surface area contributed by atoms with Crippen molar-refractivity contribution in [3.05, 3.63) is 59.4 Å². The lowest BCUT2D eigenvalue weighted by molar-refractivity contribution is -0.121. The highest BCUT2D eigenvalue weighted by Gasteiger charge is 2.32. The van der Waals surface area contributed by atoms with Crippen molar-refractivity contribution in [1.29, 1.82) is 0 Å². The Morgan fingerprint density at radius 1 is 1.15 bits per heavy atom. The monoisotopic (exact) mass is 477 g/mol. The van der Waals surface area contributed by atoms with E-state index in [1.165, 1.54) is 29.3 Å². The topological polar surface area (TPSA) is 89.4 Å². The van der Waals surface area contributed by atoms with E-state index in [2.05, 4.69) is 21.6 Å². The number of rotatable bonds is 6. The van der Waals surface area contributed by atoms with Crippen LogP contribution in [0.4, 0.5) is 11.4 Å². The molecule has 0 fully saturated rings. The van der Waals surface area contributed by atoms with E-state index in [1.807, 2.05) is 54.9 Å². The fourth-order valence-electron chi connectivity index (χ4n) is 4.69. The standard InChI is InChI=1S/C25H27N5O3S/c1-16(30-20-12-5-6-13-21(20)33-14-23(30)32)24-27-28-25(29(24)2)34-15-22(31)26-19-11-7-9-17-8-3-4-10-18(17)19/h5-7,9,11-13,16H,3-4,8,10,14-15H2,1-2H3,(H,26,31). The lowest BCUT2D eigenvalue weighted by Crippen LogP contribution is -2.41. The second kappa shape index (κ2) is 9.50. The Labute approximate surface area is 202 Å². The van der Waals surface area contributed by atoms with Crippen LogP contribution in [0.2, 0.25) is 0 Å². The molecule has 0 saturated carbocycles. The average molecular weight is 478 g/mol. The van der Waals surface area contributed by atoms with E-state index < -0.39 is 0 Å². The molecule has 1 aliphatic heterocycles. The summed E-state index contributed by atoms with van der Waals surface area (Å²) < 4.78 is 7.40. The maximum absolute atomic E-state index is 12.7. The summed E-state index contributed by atoms with van der Waals surface area (Å²) in [6, 6.07) is 13.3. The van der Waals surface area contributed by atoms with Crippen molar-refractivity contribution in [1.82, 2.24) is 14.8 Å². The van der Waals surface area contributed by atoms with E-state index in [9.17, 15) is 9.59 Å². The van der Waals surface area contributed by atoms with Gasteiger partial charge in [0.1, 0.15) is 5.75 Å². The Morgan fingerprint density at radius 3 is 2.85 bits per heavy atom. The van der Waals surface area contributed by atoms with Crippen LogP contribution in [-0.2, 0) is 29.5 Å². The van der Waals surface area contributed by atoms with Crippen molar-refractivity contribution in [3.63, 3.8) is 0 Å². The van der Waals surface area contributed by atoms with Crippen LogP contribution in [0.25, 0.3) is 0 Å². The fraction of sp³-hybridized carbons (Fsp3) is 0.360. The summed E-state index contributed by atoms with van der Waals surface area (Å²) in [6.07, 6.45) is 4.44. The number of fused-ring (bicyclic) bond motifs is 2. The third-order valence-corrected chi connectivity index (χ3v) is 7.40. The van der Waals surface area contributed by atoms with Gasteiger partial charge < -0.3 is 14.6 Å². The molecule has 1 unspecified atom stereocenters. The number of amides is 2. The van der Waals surface area contributed by atoms with Crippen molar-refractivity contribution < 1.29 is 14.3 Å². The second-order valence-electron chi connectivity index (χ2n) is 8.58. The van der Waals surface area contributed by atoms with Crippen LogP contribution >= 0.6 is 11.8 Å². The third-order valence-electron chi connectivity index (χ3n) is 6.38. The zero-order valence-corrected chi connectivity index (χ0v) is 20.1. The normalized spacial score (nSPS) is 15.8. The second-order valence-corrected chi connectivity index (χ2v) is 9.53. The van der Waals surface area contributed by atoms with Crippen LogP contribution in [0, 0.1) is 0 Å². The average Bonchev–Trinajstić information content (AvgIpc) is 3.22. The van der Waals surface area contributed by atoms with Crippen molar-refractivity contribution in [3.8, 4) is 5.75 Å². The summed E-state index contributed by atoms with van der Waals surface area (Å²) >= 11 is 1.33. The van der Waals surface area contributed by atoms with Crippen LogP contribution < -0.4 is 15.0 Å². The minimum absolute atomic E-state index is 0.00975. The van der Waals surface area contributed by atoms with Gasteiger partial charge in [-0.25, -0.2) is 0 Å². The number of ether oxygens (including phenoxy) is 1. The molecule has 0 radical (unpaired) electrons. The summed E-state index contributed by atoms with van der Waals surface area (Å²) in [6.45, 7) is 1.91. The number of carbonyl (C=O) groups excluding carboxylic acids is 2. The number of thioether (sulfide) groups is 1. The van der Waals surface area contributed by atoms with Crippen LogP contribution in [-0.4, -0.2) is 38.9 Å². The van der Waals surface area contributed by atoms with Gasteiger partial charge >= 0.3 is 0 Å². The molecule has 1 atom stereocenters. The highest BCUT2D eigenvalue weighted by Crippen LogP contribution is 2.37. The number of nitrogens with zero attached hydrogens (tertiary/aromatic N) is 4. The van der Waals surface area contributed by atoms with Crippen LogP contribution in [0.5, 0.6) is 5.75 Å². The highest BCUT2D eigenvalue weighted by atomic mass is 32.2. The van der Waals surface area contributed by atoms with Gasteiger partial charge in [-0.15, -0.1) is 10.2 Å². The molecule has 1 aromatic heterocycles. The number of aromatic nitrogens is 3. The number of anilines is 2. The predicted molar refractivity (Wildman–Crippen MR) is 131 cm³/mol. The molecule has 9 heteroatoms. The van der Waals surface area contributed by atoms with Gasteiger partial charge in [-0.3, -0.25) is 14.5 Å². The maximum atomic E-state index is 12.7. The Morgan fingerprint density at radius 2 is 1.97 bits per heavy atom. The molecule has 8 nitrogen and oxygen atoms in total. The summed E-state index contributed by atoms with van der Waals surface area (Å²) in [5, 5.41) is 12.3. The first-order valence-corrected chi connectivity index (χ1v) is 12.5. The molecule has 5 rings (SSSR count). The first-order valence-electron chi connectivity index (χ1n) is 11.5. The van der Waals surface area contributed by atoms with Crippen LogP contribution in [0.3, 0.4) is 0 Å². The van der Waals surface area contributed by atoms with Gasteiger partial charge in [0.25, 0.3) is 5.91 Å². The van der Waals surface area contributed by atoms with E-state index in [-0.39, 0.29) is 30.2 Å². The van der Waals surface area contributed by atoms with Crippen molar-refractivity contribution in [2.45, 2.75) is 43.8 Å². The SMILES string of the molecule is CC(c1nnc(SCC(=O)Nc2cccc3c2CCCC3)n1C)N1C(=O)COc2ccccc21. The van der Waals surface area contributed by atoms with E-state index in [0.29, 0.717) is 22.4 Å². The Kier molecular flexibility index (Phi) is 6.28. The number of aryl methyl sites for hydroxylation is 1. The smallest absolute Gasteiger partial charge is 0.265 e. The van der Waals surface area contributed by atoms with Crippen molar-refractivity contribution in [2.75, 3.05) is 22.6 Å². The van der Waals surface area contributed by atoms with Gasteiger partial charge in [-0.1, -0.05) is 36.0 Å². The van der Waals surface area contributed by atoms with Gasteiger partial charge in [0.15, 0.2) is 17.6 Å².